The van der Waals surface area contributed by atoms with Gasteiger partial charge in [0.2, 0.25) is 5.91 Å². The van der Waals surface area contributed by atoms with Gasteiger partial charge in [-0.15, -0.1) is 0 Å². The highest BCUT2D eigenvalue weighted by Gasteiger charge is 2.29. The third-order valence-electron chi connectivity index (χ3n) is 5.28. The highest BCUT2D eigenvalue weighted by atomic mass is 16.2. The van der Waals surface area contributed by atoms with Crippen molar-refractivity contribution >= 4 is 5.91 Å². The van der Waals surface area contributed by atoms with Crippen LogP contribution in [0.4, 0.5) is 0 Å². The average Bonchev–Trinajstić information content (AvgIpc) is 3.18. The minimum absolute atomic E-state index is 0.391. The van der Waals surface area contributed by atoms with Crippen LogP contribution in [0.3, 0.4) is 0 Å². The van der Waals surface area contributed by atoms with Crippen molar-refractivity contribution in [2.45, 2.75) is 63.5 Å². The highest BCUT2D eigenvalue weighted by Crippen LogP contribution is 2.21. The maximum absolute atomic E-state index is 12.4. The van der Waals surface area contributed by atoms with Gasteiger partial charge in [0.05, 0.1) is 0 Å². The van der Waals surface area contributed by atoms with Crippen LogP contribution in [-0.4, -0.2) is 60.5 Å². The number of nitrogens with zero attached hydrogens (tertiary/aromatic N) is 2. The number of nitrogens with one attached hydrogen (secondary N) is 1. The smallest absolute Gasteiger partial charge is 0.222 e. The Hall–Kier alpha value is -0.610. The Labute approximate surface area is 122 Å². The van der Waals surface area contributed by atoms with Gasteiger partial charge >= 0.3 is 0 Å². The van der Waals surface area contributed by atoms with Crippen molar-refractivity contribution in [1.82, 2.24) is 15.1 Å². The first kappa shape index (κ1) is 14.3. The summed E-state index contributed by atoms with van der Waals surface area (Å²) in [6, 6.07) is 1.23. The molecule has 0 saturated carbocycles. The summed E-state index contributed by atoms with van der Waals surface area (Å²) in [5, 5.41) is 3.49. The fraction of sp³-hybridized carbons (Fsp3) is 0.938. The molecule has 2 atom stereocenters. The van der Waals surface area contributed by atoms with Crippen LogP contribution in [-0.2, 0) is 4.79 Å². The molecule has 0 spiro atoms. The van der Waals surface area contributed by atoms with Gasteiger partial charge in [0, 0.05) is 31.6 Å². The standard InChI is InChI=1S/C16H29N3O/c20-16(8-7-14-5-3-9-17-14)19-12-4-6-15(13-19)18-10-1-2-11-18/h14-15,17H,1-13H2. The Bertz CT molecular complexity index is 322. The van der Waals surface area contributed by atoms with E-state index in [1.165, 1.54) is 51.6 Å². The molecule has 0 bridgehead atoms. The maximum atomic E-state index is 12.4. The molecule has 3 rings (SSSR count). The van der Waals surface area contributed by atoms with Gasteiger partial charge in [-0.25, -0.2) is 0 Å². The molecule has 2 unspecified atom stereocenters. The van der Waals surface area contributed by atoms with E-state index in [1.807, 2.05) is 0 Å². The van der Waals surface area contributed by atoms with E-state index < -0.39 is 0 Å². The molecule has 0 aromatic heterocycles. The molecule has 114 valence electrons. The van der Waals surface area contributed by atoms with Crippen LogP contribution in [0.2, 0.25) is 0 Å². The average molecular weight is 279 g/mol. The van der Waals surface area contributed by atoms with Crippen LogP contribution in [0.5, 0.6) is 0 Å². The zero-order valence-corrected chi connectivity index (χ0v) is 12.6. The summed E-state index contributed by atoms with van der Waals surface area (Å²) >= 11 is 0. The van der Waals surface area contributed by atoms with Crippen molar-refractivity contribution in [3.63, 3.8) is 0 Å². The van der Waals surface area contributed by atoms with Crippen LogP contribution in [0, 0.1) is 0 Å². The monoisotopic (exact) mass is 279 g/mol. The number of carbonyl (C=O) groups excluding carboxylic acids is 1. The molecule has 0 radical (unpaired) electrons. The predicted octanol–water partition coefficient (Wildman–Crippen LogP) is 1.61. The first-order valence-electron chi connectivity index (χ1n) is 8.58. The minimum Gasteiger partial charge on any atom is -0.341 e. The Morgan fingerprint density at radius 1 is 1.05 bits per heavy atom. The van der Waals surface area contributed by atoms with Gasteiger partial charge < -0.3 is 10.2 Å². The Morgan fingerprint density at radius 2 is 1.90 bits per heavy atom. The number of carbonyl (C=O) groups is 1. The maximum Gasteiger partial charge on any atom is 0.222 e. The summed E-state index contributed by atoms with van der Waals surface area (Å²) in [5.41, 5.74) is 0. The molecule has 1 amide bonds. The van der Waals surface area contributed by atoms with E-state index in [0.717, 1.165) is 32.5 Å². The van der Waals surface area contributed by atoms with Gasteiger partial charge in [0.25, 0.3) is 0 Å². The lowest BCUT2D eigenvalue weighted by molar-refractivity contribution is -0.133. The second-order valence-electron chi connectivity index (χ2n) is 6.71. The first-order valence-corrected chi connectivity index (χ1v) is 8.58. The second-order valence-corrected chi connectivity index (χ2v) is 6.71. The molecular weight excluding hydrogens is 250 g/mol. The van der Waals surface area contributed by atoms with Crippen LogP contribution in [0.15, 0.2) is 0 Å². The third kappa shape index (κ3) is 3.53. The van der Waals surface area contributed by atoms with Crippen molar-refractivity contribution in [1.29, 1.82) is 0 Å². The van der Waals surface area contributed by atoms with Gasteiger partial charge in [0.15, 0.2) is 0 Å². The van der Waals surface area contributed by atoms with Gasteiger partial charge in [-0.2, -0.15) is 0 Å². The molecule has 3 aliphatic rings. The van der Waals surface area contributed by atoms with E-state index >= 15 is 0 Å². The Kier molecular flexibility index (Phi) is 4.94. The molecule has 4 heteroatoms. The second kappa shape index (κ2) is 6.90. The molecule has 3 saturated heterocycles. The quantitative estimate of drug-likeness (QED) is 0.849. The summed E-state index contributed by atoms with van der Waals surface area (Å²) in [7, 11) is 0. The lowest BCUT2D eigenvalue weighted by Crippen LogP contribution is -2.49. The summed E-state index contributed by atoms with van der Waals surface area (Å²) in [4.78, 5) is 17.1. The van der Waals surface area contributed by atoms with Gasteiger partial charge in [-0.1, -0.05) is 0 Å². The van der Waals surface area contributed by atoms with Crippen LogP contribution >= 0.6 is 0 Å². The van der Waals surface area contributed by atoms with E-state index in [1.54, 1.807) is 0 Å². The van der Waals surface area contributed by atoms with E-state index in [0.29, 0.717) is 18.0 Å². The fourth-order valence-electron chi connectivity index (χ4n) is 4.04. The van der Waals surface area contributed by atoms with Crippen molar-refractivity contribution in [2.24, 2.45) is 0 Å². The molecule has 4 nitrogen and oxygen atoms in total. The minimum atomic E-state index is 0.391. The molecular formula is C16H29N3O. The fourth-order valence-corrected chi connectivity index (χ4v) is 4.04. The Balaban J connectivity index is 1.44. The van der Waals surface area contributed by atoms with Crippen molar-refractivity contribution in [3.8, 4) is 0 Å². The molecule has 0 aromatic carbocycles. The third-order valence-corrected chi connectivity index (χ3v) is 5.28. The normalized spacial score (nSPS) is 31.9. The Morgan fingerprint density at radius 3 is 2.65 bits per heavy atom. The number of likely N-dealkylation sites (tertiary alicyclic amines) is 2. The van der Waals surface area contributed by atoms with Crippen LogP contribution < -0.4 is 5.32 Å². The number of piperidine rings is 1. The predicted molar refractivity (Wildman–Crippen MR) is 80.7 cm³/mol. The summed E-state index contributed by atoms with van der Waals surface area (Å²) in [5.74, 6) is 0.391. The molecule has 0 aliphatic carbocycles. The van der Waals surface area contributed by atoms with E-state index in [2.05, 4.69) is 15.1 Å². The molecule has 20 heavy (non-hydrogen) atoms. The topological polar surface area (TPSA) is 35.6 Å². The van der Waals surface area contributed by atoms with E-state index in [-0.39, 0.29) is 0 Å². The SMILES string of the molecule is O=C(CCC1CCCN1)N1CCCC(N2CCCC2)C1. The molecule has 1 N–H and O–H groups in total. The molecule has 3 fully saturated rings. The zero-order chi connectivity index (χ0) is 13.8. The molecule has 0 aromatic rings. The van der Waals surface area contributed by atoms with Crippen molar-refractivity contribution in [2.75, 3.05) is 32.7 Å². The first-order chi connectivity index (χ1) is 9.83. The van der Waals surface area contributed by atoms with Crippen LogP contribution in [0.1, 0.15) is 51.4 Å². The van der Waals surface area contributed by atoms with Gasteiger partial charge in [-0.3, -0.25) is 9.69 Å². The number of hydrogen-bond acceptors (Lipinski definition) is 3. The lowest BCUT2D eigenvalue weighted by atomic mass is 10.0. The van der Waals surface area contributed by atoms with E-state index in [9.17, 15) is 4.79 Å². The number of hydrogen-bond donors (Lipinski definition) is 1. The van der Waals surface area contributed by atoms with Gasteiger partial charge in [0.1, 0.15) is 0 Å². The van der Waals surface area contributed by atoms with Gasteiger partial charge in [-0.05, 0) is 64.6 Å². The highest BCUT2D eigenvalue weighted by molar-refractivity contribution is 5.76. The van der Waals surface area contributed by atoms with E-state index in [4.69, 9.17) is 0 Å². The number of amides is 1. The molecule has 3 heterocycles. The van der Waals surface area contributed by atoms with Crippen molar-refractivity contribution in [3.05, 3.63) is 0 Å². The summed E-state index contributed by atoms with van der Waals surface area (Å²) in [6.45, 7) is 5.61. The number of rotatable bonds is 4. The largest absolute Gasteiger partial charge is 0.341 e. The molecule has 3 aliphatic heterocycles. The lowest BCUT2D eigenvalue weighted by Gasteiger charge is -2.37. The van der Waals surface area contributed by atoms with Crippen LogP contribution in [0.25, 0.3) is 0 Å². The zero-order valence-electron chi connectivity index (χ0n) is 12.6. The van der Waals surface area contributed by atoms with Crippen molar-refractivity contribution < 1.29 is 4.79 Å². The summed E-state index contributed by atoms with van der Waals surface area (Å²) in [6.07, 6.45) is 9.47. The summed E-state index contributed by atoms with van der Waals surface area (Å²) < 4.78 is 0.